The topological polar surface area (TPSA) is 57.6 Å². The van der Waals surface area contributed by atoms with E-state index in [1.165, 1.54) is 4.90 Å². The van der Waals surface area contributed by atoms with Crippen LogP contribution in [0.2, 0.25) is 0 Å². The highest BCUT2D eigenvalue weighted by molar-refractivity contribution is 7.99. The lowest BCUT2D eigenvalue weighted by atomic mass is 10.1. The van der Waals surface area contributed by atoms with E-state index in [0.29, 0.717) is 17.7 Å². The van der Waals surface area contributed by atoms with Gasteiger partial charge in [0, 0.05) is 11.8 Å². The zero-order valence-electron chi connectivity index (χ0n) is 11.5. The Balaban J connectivity index is 1.81. The van der Waals surface area contributed by atoms with Crippen LogP contribution in [0.15, 0.2) is 24.3 Å². The summed E-state index contributed by atoms with van der Waals surface area (Å²) < 4.78 is 0. The van der Waals surface area contributed by atoms with Crippen LogP contribution < -0.4 is 0 Å². The number of imide groups is 1. The van der Waals surface area contributed by atoms with Crippen molar-refractivity contribution in [3.05, 3.63) is 35.4 Å². The summed E-state index contributed by atoms with van der Waals surface area (Å²) in [5.41, 5.74) is 1.03. The summed E-state index contributed by atoms with van der Waals surface area (Å²) in [6, 6.07) is 6.96. The standard InChI is InChI=1S/C15H19NO3S/c1-11(10-17)20-9-5-4-8-16-14(18)12-6-2-3-7-13(12)15(16)19/h2-3,6-7,11,17H,4-5,8-10H2,1H3/t11-/m1/s1. The van der Waals surface area contributed by atoms with Crippen LogP contribution in [0.25, 0.3) is 0 Å². The second kappa shape index (κ2) is 6.90. The van der Waals surface area contributed by atoms with Gasteiger partial charge in [-0.3, -0.25) is 14.5 Å². The van der Waals surface area contributed by atoms with Crippen LogP contribution >= 0.6 is 11.8 Å². The first-order valence-corrected chi connectivity index (χ1v) is 7.87. The molecule has 1 aromatic carbocycles. The Bertz CT molecular complexity index is 469. The fourth-order valence-electron chi connectivity index (χ4n) is 2.15. The highest BCUT2D eigenvalue weighted by Gasteiger charge is 2.34. The minimum Gasteiger partial charge on any atom is -0.395 e. The van der Waals surface area contributed by atoms with Gasteiger partial charge in [0.2, 0.25) is 0 Å². The Morgan fingerprint density at radius 1 is 1.15 bits per heavy atom. The molecule has 108 valence electrons. The van der Waals surface area contributed by atoms with Crippen molar-refractivity contribution in [3.8, 4) is 0 Å². The fraction of sp³-hybridized carbons (Fsp3) is 0.467. The number of benzene rings is 1. The molecule has 4 nitrogen and oxygen atoms in total. The third-order valence-corrected chi connectivity index (χ3v) is 4.56. The van der Waals surface area contributed by atoms with Gasteiger partial charge in [0.1, 0.15) is 0 Å². The average molecular weight is 293 g/mol. The van der Waals surface area contributed by atoms with Gasteiger partial charge in [0.15, 0.2) is 0 Å². The van der Waals surface area contributed by atoms with Gasteiger partial charge in [-0.25, -0.2) is 0 Å². The SMILES string of the molecule is C[C@H](CO)SCCCCN1C(=O)c2ccccc2C1=O. The molecule has 1 aliphatic heterocycles. The number of unbranched alkanes of at least 4 members (excludes halogenated alkanes) is 1. The number of rotatable bonds is 7. The largest absolute Gasteiger partial charge is 0.395 e. The Morgan fingerprint density at radius 2 is 1.75 bits per heavy atom. The molecule has 0 aliphatic carbocycles. The number of carbonyl (C=O) groups excluding carboxylic acids is 2. The van der Waals surface area contributed by atoms with Crippen molar-refractivity contribution in [3.63, 3.8) is 0 Å². The average Bonchev–Trinajstić information content (AvgIpc) is 2.71. The molecule has 1 N–H and O–H groups in total. The summed E-state index contributed by atoms with van der Waals surface area (Å²) in [5, 5.41) is 9.16. The molecule has 2 amide bonds. The number of fused-ring (bicyclic) bond motifs is 1. The number of thioether (sulfide) groups is 1. The molecule has 0 unspecified atom stereocenters. The molecule has 1 aliphatic rings. The summed E-state index contributed by atoms with van der Waals surface area (Å²) >= 11 is 1.71. The van der Waals surface area contributed by atoms with E-state index in [0.717, 1.165) is 18.6 Å². The van der Waals surface area contributed by atoms with Crippen LogP contribution in [0, 0.1) is 0 Å². The summed E-state index contributed by atoms with van der Waals surface area (Å²) in [5.74, 6) is 0.578. The van der Waals surface area contributed by atoms with E-state index < -0.39 is 0 Å². The summed E-state index contributed by atoms with van der Waals surface area (Å²) in [4.78, 5) is 25.5. The van der Waals surface area contributed by atoms with Crippen molar-refractivity contribution >= 4 is 23.6 Å². The monoisotopic (exact) mass is 293 g/mol. The van der Waals surface area contributed by atoms with E-state index in [1.54, 1.807) is 36.0 Å². The van der Waals surface area contributed by atoms with E-state index in [2.05, 4.69) is 0 Å². The lowest BCUT2D eigenvalue weighted by Crippen LogP contribution is -2.30. The number of aliphatic hydroxyl groups excluding tert-OH is 1. The normalized spacial score (nSPS) is 15.6. The molecule has 0 bridgehead atoms. The van der Waals surface area contributed by atoms with Gasteiger partial charge in [0.05, 0.1) is 17.7 Å². The van der Waals surface area contributed by atoms with Gasteiger partial charge < -0.3 is 5.11 Å². The van der Waals surface area contributed by atoms with Crippen molar-refractivity contribution in [2.45, 2.75) is 25.0 Å². The lowest BCUT2D eigenvalue weighted by Gasteiger charge is -2.13. The number of carbonyl (C=O) groups is 2. The molecular weight excluding hydrogens is 274 g/mol. The molecule has 0 saturated carbocycles. The molecule has 0 saturated heterocycles. The second-order valence-corrected chi connectivity index (χ2v) is 6.42. The highest BCUT2D eigenvalue weighted by atomic mass is 32.2. The predicted octanol–water partition coefficient (Wildman–Crippen LogP) is 2.18. The van der Waals surface area contributed by atoms with Crippen LogP contribution in [-0.2, 0) is 0 Å². The Labute approximate surface area is 123 Å². The summed E-state index contributed by atoms with van der Waals surface area (Å²) in [6.07, 6.45) is 1.74. The molecule has 0 radical (unpaired) electrons. The maximum atomic E-state index is 12.1. The number of aliphatic hydroxyl groups is 1. The van der Waals surface area contributed by atoms with Crippen molar-refractivity contribution < 1.29 is 14.7 Å². The smallest absolute Gasteiger partial charge is 0.261 e. The molecule has 2 rings (SSSR count). The molecule has 20 heavy (non-hydrogen) atoms. The third kappa shape index (κ3) is 3.22. The molecule has 1 heterocycles. The van der Waals surface area contributed by atoms with Crippen LogP contribution in [0.3, 0.4) is 0 Å². The van der Waals surface area contributed by atoms with Gasteiger partial charge in [-0.05, 0) is 30.7 Å². The van der Waals surface area contributed by atoms with E-state index in [1.807, 2.05) is 6.92 Å². The van der Waals surface area contributed by atoms with Gasteiger partial charge in [-0.1, -0.05) is 19.1 Å². The molecular formula is C15H19NO3S. The highest BCUT2D eigenvalue weighted by Crippen LogP contribution is 2.23. The third-order valence-electron chi connectivity index (χ3n) is 3.31. The van der Waals surface area contributed by atoms with Crippen LogP contribution in [0.4, 0.5) is 0 Å². The van der Waals surface area contributed by atoms with Crippen LogP contribution in [0.5, 0.6) is 0 Å². The fourth-order valence-corrected chi connectivity index (χ4v) is 3.03. The Kier molecular flexibility index (Phi) is 5.20. The van der Waals surface area contributed by atoms with E-state index in [-0.39, 0.29) is 23.7 Å². The molecule has 0 spiro atoms. The summed E-state index contributed by atoms with van der Waals surface area (Å²) in [7, 11) is 0. The second-order valence-electron chi connectivity index (χ2n) is 4.88. The first kappa shape index (κ1) is 15.1. The zero-order valence-corrected chi connectivity index (χ0v) is 12.4. The van der Waals surface area contributed by atoms with Gasteiger partial charge >= 0.3 is 0 Å². The molecule has 5 heteroatoms. The lowest BCUT2D eigenvalue weighted by molar-refractivity contribution is 0.0652. The van der Waals surface area contributed by atoms with Crippen molar-refractivity contribution in [2.24, 2.45) is 0 Å². The van der Waals surface area contributed by atoms with Crippen LogP contribution in [0.1, 0.15) is 40.5 Å². The van der Waals surface area contributed by atoms with Crippen molar-refractivity contribution in [1.82, 2.24) is 4.90 Å². The minimum absolute atomic E-state index is 0.179. The Hall–Kier alpha value is -1.33. The number of hydrogen-bond donors (Lipinski definition) is 1. The number of nitrogens with zero attached hydrogens (tertiary/aromatic N) is 1. The number of hydrogen-bond acceptors (Lipinski definition) is 4. The predicted molar refractivity (Wildman–Crippen MR) is 80.0 cm³/mol. The molecule has 1 aromatic rings. The van der Waals surface area contributed by atoms with Gasteiger partial charge in [0.25, 0.3) is 11.8 Å². The van der Waals surface area contributed by atoms with Crippen molar-refractivity contribution in [1.29, 1.82) is 0 Å². The Morgan fingerprint density at radius 3 is 2.30 bits per heavy atom. The first-order valence-electron chi connectivity index (χ1n) is 6.83. The maximum Gasteiger partial charge on any atom is 0.261 e. The number of amides is 2. The van der Waals surface area contributed by atoms with Gasteiger partial charge in [-0.2, -0.15) is 11.8 Å². The molecule has 0 aromatic heterocycles. The zero-order chi connectivity index (χ0) is 14.5. The van der Waals surface area contributed by atoms with Crippen LogP contribution in [-0.4, -0.2) is 46.0 Å². The van der Waals surface area contributed by atoms with E-state index in [9.17, 15) is 9.59 Å². The minimum atomic E-state index is -0.179. The first-order chi connectivity index (χ1) is 9.65. The summed E-state index contributed by atoms with van der Waals surface area (Å²) in [6.45, 7) is 2.64. The van der Waals surface area contributed by atoms with Crippen molar-refractivity contribution in [2.75, 3.05) is 18.9 Å². The maximum absolute atomic E-state index is 12.1. The molecule has 0 fully saturated rings. The quantitative estimate of drug-likeness (QED) is 0.618. The van der Waals surface area contributed by atoms with Gasteiger partial charge in [-0.15, -0.1) is 0 Å². The van der Waals surface area contributed by atoms with E-state index in [4.69, 9.17) is 5.11 Å². The molecule has 1 atom stereocenters. The van der Waals surface area contributed by atoms with E-state index >= 15 is 0 Å².